The van der Waals surface area contributed by atoms with E-state index in [1.807, 2.05) is 0 Å². The van der Waals surface area contributed by atoms with E-state index >= 15 is 0 Å². The maximum absolute atomic E-state index is 12.5. The number of alkyl halides is 3. The van der Waals surface area contributed by atoms with E-state index in [0.717, 1.165) is 31.4 Å². The summed E-state index contributed by atoms with van der Waals surface area (Å²) in [4.78, 5) is 14.7. The number of phenolic OH excluding ortho intramolecular Hbond substituents is 1. The van der Waals surface area contributed by atoms with Crippen LogP contribution in [-0.4, -0.2) is 23.2 Å². The van der Waals surface area contributed by atoms with Crippen LogP contribution in [0.5, 0.6) is 5.75 Å². The molecule has 1 N–H and O–H groups in total. The van der Waals surface area contributed by atoms with E-state index in [2.05, 4.69) is 9.72 Å². The highest BCUT2D eigenvalue weighted by Gasteiger charge is 2.32. The number of rotatable bonds is 1. The van der Waals surface area contributed by atoms with E-state index in [9.17, 15) is 23.1 Å². The van der Waals surface area contributed by atoms with Crippen LogP contribution >= 0.6 is 0 Å². The Morgan fingerprint density at radius 3 is 2.58 bits per heavy atom. The SMILES string of the molecule is COC(=O)c1cc(O)c2ccc(C(F)(F)F)nc2c1. The molecular formula is C12H8F3NO3. The molecule has 1 aromatic carbocycles. The van der Waals surface area contributed by atoms with E-state index < -0.39 is 17.8 Å². The van der Waals surface area contributed by atoms with Crippen molar-refractivity contribution in [3.05, 3.63) is 35.5 Å². The molecule has 0 aliphatic carbocycles. The molecule has 2 aromatic rings. The summed E-state index contributed by atoms with van der Waals surface area (Å²) in [5.41, 5.74) is -1.30. The Balaban J connectivity index is 2.66. The van der Waals surface area contributed by atoms with Crippen LogP contribution in [0.3, 0.4) is 0 Å². The molecule has 19 heavy (non-hydrogen) atoms. The van der Waals surface area contributed by atoms with Gasteiger partial charge in [0.25, 0.3) is 0 Å². The second-order valence-corrected chi connectivity index (χ2v) is 3.75. The molecular weight excluding hydrogens is 263 g/mol. The van der Waals surface area contributed by atoms with E-state index in [0.29, 0.717) is 0 Å². The fourth-order valence-corrected chi connectivity index (χ4v) is 1.61. The summed E-state index contributed by atoms with van der Waals surface area (Å²) in [7, 11) is 1.13. The number of aromatic nitrogens is 1. The standard InChI is InChI=1S/C12H8F3NO3/c1-19-11(18)6-4-8-7(9(17)5-6)2-3-10(16-8)12(13,14)15/h2-5,17H,1H3. The van der Waals surface area contributed by atoms with Crippen molar-refractivity contribution in [3.8, 4) is 5.75 Å². The normalized spacial score (nSPS) is 11.6. The van der Waals surface area contributed by atoms with E-state index in [1.165, 1.54) is 0 Å². The summed E-state index contributed by atoms with van der Waals surface area (Å²) in [6.45, 7) is 0. The zero-order valence-corrected chi connectivity index (χ0v) is 9.65. The number of pyridine rings is 1. The van der Waals surface area contributed by atoms with Crippen molar-refractivity contribution in [2.24, 2.45) is 0 Å². The van der Waals surface area contributed by atoms with Crippen LogP contribution in [-0.2, 0) is 10.9 Å². The van der Waals surface area contributed by atoms with Crippen LogP contribution in [0.15, 0.2) is 24.3 Å². The molecule has 0 fully saturated rings. The number of benzene rings is 1. The zero-order chi connectivity index (χ0) is 14.2. The Labute approximate surface area is 105 Å². The number of phenols is 1. The first-order valence-electron chi connectivity index (χ1n) is 5.12. The number of aromatic hydroxyl groups is 1. The summed E-state index contributed by atoms with van der Waals surface area (Å²) in [5.74, 6) is -1.10. The molecule has 0 saturated carbocycles. The minimum atomic E-state index is -4.59. The average Bonchev–Trinajstić information content (AvgIpc) is 2.36. The number of carbonyl (C=O) groups is 1. The number of fused-ring (bicyclic) bond motifs is 1. The maximum atomic E-state index is 12.5. The average molecular weight is 271 g/mol. The molecule has 0 saturated heterocycles. The first-order chi connectivity index (χ1) is 8.82. The van der Waals surface area contributed by atoms with Gasteiger partial charge in [0.05, 0.1) is 18.2 Å². The largest absolute Gasteiger partial charge is 0.507 e. The number of nitrogens with zero attached hydrogens (tertiary/aromatic N) is 1. The van der Waals surface area contributed by atoms with Crippen LogP contribution in [0.1, 0.15) is 16.1 Å². The molecule has 0 aliphatic heterocycles. The topological polar surface area (TPSA) is 59.4 Å². The Hall–Kier alpha value is -2.31. The minimum Gasteiger partial charge on any atom is -0.507 e. The number of methoxy groups -OCH3 is 1. The number of hydrogen-bond acceptors (Lipinski definition) is 4. The fourth-order valence-electron chi connectivity index (χ4n) is 1.61. The van der Waals surface area contributed by atoms with Crippen molar-refractivity contribution in [2.75, 3.05) is 7.11 Å². The maximum Gasteiger partial charge on any atom is 0.433 e. The first-order valence-corrected chi connectivity index (χ1v) is 5.12. The predicted octanol–water partition coefficient (Wildman–Crippen LogP) is 2.75. The van der Waals surface area contributed by atoms with Gasteiger partial charge in [0, 0.05) is 5.39 Å². The van der Waals surface area contributed by atoms with Crippen molar-refractivity contribution in [1.29, 1.82) is 0 Å². The van der Waals surface area contributed by atoms with Crippen molar-refractivity contribution < 1.29 is 27.8 Å². The molecule has 1 aromatic heterocycles. The second-order valence-electron chi connectivity index (χ2n) is 3.75. The van der Waals surface area contributed by atoms with Gasteiger partial charge in [0.1, 0.15) is 11.4 Å². The van der Waals surface area contributed by atoms with Crippen molar-refractivity contribution in [2.45, 2.75) is 6.18 Å². The fraction of sp³-hybridized carbons (Fsp3) is 0.167. The number of esters is 1. The van der Waals surface area contributed by atoms with E-state index in [-0.39, 0.29) is 22.2 Å². The number of halogens is 3. The highest BCUT2D eigenvalue weighted by atomic mass is 19.4. The lowest BCUT2D eigenvalue weighted by Crippen LogP contribution is -2.08. The van der Waals surface area contributed by atoms with Gasteiger partial charge in [0.2, 0.25) is 0 Å². The van der Waals surface area contributed by atoms with E-state index in [1.54, 1.807) is 0 Å². The van der Waals surface area contributed by atoms with Gasteiger partial charge >= 0.3 is 12.1 Å². The number of hydrogen-bond donors (Lipinski definition) is 1. The monoisotopic (exact) mass is 271 g/mol. The number of ether oxygens (including phenoxy) is 1. The summed E-state index contributed by atoms with van der Waals surface area (Å²) in [5, 5.41) is 9.79. The molecule has 4 nitrogen and oxygen atoms in total. The van der Waals surface area contributed by atoms with Crippen molar-refractivity contribution in [3.63, 3.8) is 0 Å². The molecule has 0 bridgehead atoms. The highest BCUT2D eigenvalue weighted by Crippen LogP contribution is 2.32. The smallest absolute Gasteiger partial charge is 0.433 e. The van der Waals surface area contributed by atoms with Crippen LogP contribution in [0.4, 0.5) is 13.2 Å². The molecule has 0 amide bonds. The lowest BCUT2D eigenvalue weighted by atomic mass is 10.1. The van der Waals surface area contributed by atoms with Gasteiger partial charge in [0.15, 0.2) is 0 Å². The molecule has 100 valence electrons. The van der Waals surface area contributed by atoms with Gasteiger partial charge in [-0.1, -0.05) is 0 Å². The first kappa shape index (κ1) is 13.1. The van der Waals surface area contributed by atoms with Crippen LogP contribution < -0.4 is 0 Å². The molecule has 0 atom stereocenters. The Kier molecular flexibility index (Phi) is 3.05. The summed E-state index contributed by atoms with van der Waals surface area (Å²) >= 11 is 0. The predicted molar refractivity (Wildman–Crippen MR) is 59.7 cm³/mol. The second kappa shape index (κ2) is 4.42. The summed E-state index contributed by atoms with van der Waals surface area (Å²) in [6.07, 6.45) is -4.59. The third kappa shape index (κ3) is 2.44. The molecule has 0 unspecified atom stereocenters. The van der Waals surface area contributed by atoms with Crippen molar-refractivity contribution in [1.82, 2.24) is 4.98 Å². The van der Waals surface area contributed by atoms with Crippen LogP contribution in [0.25, 0.3) is 10.9 Å². The minimum absolute atomic E-state index is 0.0701. The van der Waals surface area contributed by atoms with Gasteiger partial charge < -0.3 is 9.84 Å². The number of carbonyl (C=O) groups excluding carboxylic acids is 1. The van der Waals surface area contributed by atoms with Gasteiger partial charge in [-0.05, 0) is 24.3 Å². The summed E-state index contributed by atoms with van der Waals surface area (Å²) < 4.78 is 42.0. The Morgan fingerprint density at radius 2 is 2.00 bits per heavy atom. The molecule has 0 aliphatic rings. The Morgan fingerprint density at radius 1 is 1.32 bits per heavy atom. The highest BCUT2D eigenvalue weighted by molar-refractivity contribution is 5.96. The lowest BCUT2D eigenvalue weighted by molar-refractivity contribution is -0.140. The third-order valence-electron chi connectivity index (χ3n) is 2.50. The van der Waals surface area contributed by atoms with Crippen molar-refractivity contribution >= 4 is 16.9 Å². The molecule has 0 radical (unpaired) electrons. The van der Waals surface area contributed by atoms with Gasteiger partial charge in [-0.3, -0.25) is 0 Å². The molecule has 0 spiro atoms. The Bertz CT molecular complexity index is 652. The van der Waals surface area contributed by atoms with Crippen LogP contribution in [0.2, 0.25) is 0 Å². The van der Waals surface area contributed by atoms with E-state index in [4.69, 9.17) is 0 Å². The quantitative estimate of drug-likeness (QED) is 0.810. The molecule has 7 heteroatoms. The lowest BCUT2D eigenvalue weighted by Gasteiger charge is -2.08. The van der Waals surface area contributed by atoms with Gasteiger partial charge in [-0.15, -0.1) is 0 Å². The van der Waals surface area contributed by atoms with Gasteiger partial charge in [-0.2, -0.15) is 13.2 Å². The van der Waals surface area contributed by atoms with Crippen LogP contribution in [0, 0.1) is 0 Å². The zero-order valence-electron chi connectivity index (χ0n) is 9.65. The molecule has 1 heterocycles. The summed E-state index contributed by atoms with van der Waals surface area (Å²) in [6, 6.07) is 4.11. The third-order valence-corrected chi connectivity index (χ3v) is 2.50. The molecule has 2 rings (SSSR count). The van der Waals surface area contributed by atoms with Gasteiger partial charge in [-0.25, -0.2) is 9.78 Å².